The molecule has 2 aromatic carbocycles. The zero-order valence-corrected chi connectivity index (χ0v) is 10.1. The van der Waals surface area contributed by atoms with Crippen molar-refractivity contribution >= 4 is 11.7 Å². The van der Waals surface area contributed by atoms with Crippen molar-refractivity contribution in [2.24, 2.45) is 0 Å². The molecular formula is C14H9FN2O3. The average molecular weight is 272 g/mol. The second-order valence-electron chi connectivity index (χ2n) is 3.85. The van der Waals surface area contributed by atoms with Crippen molar-refractivity contribution in [1.29, 1.82) is 5.26 Å². The molecule has 0 radical (unpaired) electrons. The van der Waals surface area contributed by atoms with Crippen LogP contribution in [-0.2, 0) is 0 Å². The van der Waals surface area contributed by atoms with Gasteiger partial charge in [0.1, 0.15) is 28.9 Å². The number of nitrogens with zero attached hydrogens (tertiary/aromatic N) is 1. The van der Waals surface area contributed by atoms with Gasteiger partial charge in [0.15, 0.2) is 0 Å². The Morgan fingerprint density at radius 1 is 1.25 bits per heavy atom. The number of rotatable bonds is 3. The monoisotopic (exact) mass is 272 g/mol. The third-order valence-corrected chi connectivity index (χ3v) is 2.60. The highest BCUT2D eigenvalue weighted by molar-refractivity contribution is 5.97. The van der Waals surface area contributed by atoms with Crippen LogP contribution in [0, 0.1) is 17.1 Å². The molecule has 0 aliphatic heterocycles. The summed E-state index contributed by atoms with van der Waals surface area (Å²) in [6.07, 6.45) is 0. The summed E-state index contributed by atoms with van der Waals surface area (Å²) in [7, 11) is 0. The van der Waals surface area contributed by atoms with Crippen LogP contribution in [0.1, 0.15) is 15.9 Å². The standard InChI is InChI=1S/C14H9FN2O3/c15-9-5-6-11(12(13(9)17)14(18)19)20-10-4-2-1-3-8(10)7-16/h1-6H,17H2,(H,18,19). The molecule has 0 spiro atoms. The molecule has 0 saturated heterocycles. The van der Waals surface area contributed by atoms with Gasteiger partial charge in [0.25, 0.3) is 0 Å². The Kier molecular flexibility index (Phi) is 3.53. The third-order valence-electron chi connectivity index (χ3n) is 2.60. The van der Waals surface area contributed by atoms with Crippen molar-refractivity contribution in [2.75, 3.05) is 5.73 Å². The number of hydrogen-bond donors (Lipinski definition) is 2. The molecule has 0 fully saturated rings. The fourth-order valence-corrected chi connectivity index (χ4v) is 1.65. The molecule has 0 saturated carbocycles. The van der Waals surface area contributed by atoms with Gasteiger partial charge in [-0.1, -0.05) is 12.1 Å². The molecule has 0 heterocycles. The van der Waals surface area contributed by atoms with Crippen LogP contribution in [0.25, 0.3) is 0 Å². The smallest absolute Gasteiger partial charge is 0.341 e. The molecule has 20 heavy (non-hydrogen) atoms. The maximum Gasteiger partial charge on any atom is 0.341 e. The predicted molar refractivity (Wildman–Crippen MR) is 69.0 cm³/mol. The first-order valence-corrected chi connectivity index (χ1v) is 5.53. The summed E-state index contributed by atoms with van der Waals surface area (Å²) >= 11 is 0. The minimum atomic E-state index is -1.41. The second kappa shape index (κ2) is 5.28. The summed E-state index contributed by atoms with van der Waals surface area (Å²) in [6, 6.07) is 10.4. The molecule has 3 N–H and O–H groups in total. The van der Waals surface area contributed by atoms with Crippen molar-refractivity contribution in [3.8, 4) is 17.6 Å². The molecular weight excluding hydrogens is 263 g/mol. The number of nitrogens with two attached hydrogens (primary N) is 1. The Labute approximate surface area is 113 Å². The van der Waals surface area contributed by atoms with Crippen LogP contribution in [0.15, 0.2) is 36.4 Å². The summed E-state index contributed by atoms with van der Waals surface area (Å²) in [5.41, 5.74) is 4.65. The van der Waals surface area contributed by atoms with E-state index in [0.717, 1.165) is 12.1 Å². The van der Waals surface area contributed by atoms with Crippen LogP contribution in [0.2, 0.25) is 0 Å². The minimum absolute atomic E-state index is 0.126. The minimum Gasteiger partial charge on any atom is -0.477 e. The summed E-state index contributed by atoms with van der Waals surface area (Å²) in [5.74, 6) is -2.21. The van der Waals surface area contributed by atoms with E-state index in [4.69, 9.17) is 20.8 Å². The summed E-state index contributed by atoms with van der Waals surface area (Å²) in [4.78, 5) is 11.1. The lowest BCUT2D eigenvalue weighted by atomic mass is 10.1. The highest BCUT2D eigenvalue weighted by Crippen LogP contribution is 2.32. The zero-order chi connectivity index (χ0) is 14.7. The SMILES string of the molecule is N#Cc1ccccc1Oc1ccc(F)c(N)c1C(=O)O. The molecule has 0 aliphatic carbocycles. The van der Waals surface area contributed by atoms with Gasteiger partial charge < -0.3 is 15.6 Å². The Morgan fingerprint density at radius 3 is 2.60 bits per heavy atom. The predicted octanol–water partition coefficient (Wildman–Crippen LogP) is 2.77. The van der Waals surface area contributed by atoms with Crippen LogP contribution >= 0.6 is 0 Å². The zero-order valence-electron chi connectivity index (χ0n) is 10.1. The van der Waals surface area contributed by atoms with E-state index in [1.807, 2.05) is 6.07 Å². The third kappa shape index (κ3) is 2.37. The number of anilines is 1. The van der Waals surface area contributed by atoms with E-state index in [1.54, 1.807) is 12.1 Å². The lowest BCUT2D eigenvalue weighted by Gasteiger charge is -2.11. The maximum absolute atomic E-state index is 13.3. The molecule has 2 rings (SSSR count). The topological polar surface area (TPSA) is 96.3 Å². The number of ether oxygens (including phenoxy) is 1. The molecule has 5 nitrogen and oxygen atoms in total. The van der Waals surface area contributed by atoms with Gasteiger partial charge in [-0.25, -0.2) is 9.18 Å². The Bertz CT molecular complexity index is 723. The molecule has 0 bridgehead atoms. The van der Waals surface area contributed by atoms with Gasteiger partial charge in [0.05, 0.1) is 11.3 Å². The number of aromatic carboxylic acids is 1. The number of nitriles is 1. The highest BCUT2D eigenvalue weighted by atomic mass is 19.1. The molecule has 0 aromatic heterocycles. The fourth-order valence-electron chi connectivity index (χ4n) is 1.65. The van der Waals surface area contributed by atoms with E-state index in [0.29, 0.717) is 0 Å². The summed E-state index contributed by atoms with van der Waals surface area (Å²) in [6.45, 7) is 0. The first-order valence-electron chi connectivity index (χ1n) is 5.53. The van der Waals surface area contributed by atoms with Gasteiger partial charge in [-0.3, -0.25) is 0 Å². The molecule has 0 atom stereocenters. The number of nitrogen functional groups attached to an aromatic ring is 1. The van der Waals surface area contributed by atoms with Crippen LogP contribution in [0.4, 0.5) is 10.1 Å². The Hall–Kier alpha value is -3.07. The molecule has 100 valence electrons. The van der Waals surface area contributed by atoms with Crippen molar-refractivity contribution in [3.63, 3.8) is 0 Å². The largest absolute Gasteiger partial charge is 0.477 e. The van der Waals surface area contributed by atoms with Crippen molar-refractivity contribution in [3.05, 3.63) is 53.3 Å². The van der Waals surface area contributed by atoms with Crippen LogP contribution < -0.4 is 10.5 Å². The fraction of sp³-hybridized carbons (Fsp3) is 0. The van der Waals surface area contributed by atoms with E-state index < -0.39 is 23.0 Å². The van der Waals surface area contributed by atoms with Gasteiger partial charge in [-0.05, 0) is 24.3 Å². The van der Waals surface area contributed by atoms with Crippen molar-refractivity contribution in [1.82, 2.24) is 0 Å². The van der Waals surface area contributed by atoms with Gasteiger partial charge in [-0.2, -0.15) is 5.26 Å². The van der Waals surface area contributed by atoms with Crippen molar-refractivity contribution in [2.45, 2.75) is 0 Å². The first-order chi connectivity index (χ1) is 9.54. The van der Waals surface area contributed by atoms with Crippen LogP contribution in [-0.4, -0.2) is 11.1 Å². The summed E-state index contributed by atoms with van der Waals surface area (Å²) < 4.78 is 18.7. The molecule has 2 aromatic rings. The van der Waals surface area contributed by atoms with Crippen LogP contribution in [0.5, 0.6) is 11.5 Å². The number of benzene rings is 2. The number of carboxylic acids is 1. The second-order valence-corrected chi connectivity index (χ2v) is 3.85. The summed E-state index contributed by atoms with van der Waals surface area (Å²) in [5, 5.41) is 18.0. The lowest BCUT2D eigenvalue weighted by Crippen LogP contribution is -2.07. The Morgan fingerprint density at radius 2 is 1.95 bits per heavy atom. The normalized spacial score (nSPS) is 9.80. The molecule has 6 heteroatoms. The molecule has 0 aliphatic rings. The van der Waals surface area contributed by atoms with E-state index in [1.165, 1.54) is 12.1 Å². The highest BCUT2D eigenvalue weighted by Gasteiger charge is 2.19. The average Bonchev–Trinajstić information content (AvgIpc) is 2.43. The van der Waals surface area contributed by atoms with E-state index in [9.17, 15) is 9.18 Å². The number of carbonyl (C=O) groups is 1. The lowest BCUT2D eigenvalue weighted by molar-refractivity contribution is 0.0695. The number of hydrogen-bond acceptors (Lipinski definition) is 4. The van der Waals surface area contributed by atoms with Crippen molar-refractivity contribution < 1.29 is 19.0 Å². The van der Waals surface area contributed by atoms with E-state index >= 15 is 0 Å². The van der Waals surface area contributed by atoms with Gasteiger partial charge >= 0.3 is 5.97 Å². The van der Waals surface area contributed by atoms with Gasteiger partial charge in [0, 0.05) is 0 Å². The number of halogens is 1. The maximum atomic E-state index is 13.3. The molecule has 0 amide bonds. The van der Waals surface area contributed by atoms with Gasteiger partial charge in [-0.15, -0.1) is 0 Å². The van der Waals surface area contributed by atoms with E-state index in [2.05, 4.69) is 0 Å². The quantitative estimate of drug-likeness (QED) is 0.837. The first kappa shape index (κ1) is 13.4. The molecule has 0 unspecified atom stereocenters. The van der Waals surface area contributed by atoms with E-state index in [-0.39, 0.29) is 17.1 Å². The van der Waals surface area contributed by atoms with Gasteiger partial charge in [0.2, 0.25) is 0 Å². The van der Waals surface area contributed by atoms with Crippen LogP contribution in [0.3, 0.4) is 0 Å². The number of carboxylic acid groups (broad SMARTS) is 1. The number of para-hydroxylation sites is 1. The Balaban J connectivity index is 2.52.